The van der Waals surface area contributed by atoms with Gasteiger partial charge < -0.3 is 10.2 Å². The molecule has 2 aromatic heterocycles. The Morgan fingerprint density at radius 3 is 2.54 bits per heavy atom. The first-order chi connectivity index (χ1) is 17.2. The molecule has 0 atom stereocenters. The summed E-state index contributed by atoms with van der Waals surface area (Å²) in [7, 11) is 0. The Hall–Kier alpha value is -3.65. The van der Waals surface area contributed by atoms with Crippen molar-refractivity contribution in [3.63, 3.8) is 0 Å². The number of carbonyl (C=O) groups is 1. The van der Waals surface area contributed by atoms with Gasteiger partial charge in [0.2, 0.25) is 5.91 Å². The Morgan fingerprint density at radius 1 is 0.971 bits per heavy atom. The lowest BCUT2D eigenvalue weighted by atomic mass is 10.1. The van der Waals surface area contributed by atoms with Gasteiger partial charge in [-0.15, -0.1) is 0 Å². The van der Waals surface area contributed by atoms with Crippen molar-refractivity contribution in [1.82, 2.24) is 14.5 Å². The van der Waals surface area contributed by atoms with Gasteiger partial charge in [-0.1, -0.05) is 30.0 Å². The van der Waals surface area contributed by atoms with E-state index < -0.39 is 0 Å². The van der Waals surface area contributed by atoms with E-state index in [2.05, 4.69) is 27.3 Å². The van der Waals surface area contributed by atoms with Crippen LogP contribution in [0.25, 0.3) is 10.9 Å². The van der Waals surface area contributed by atoms with Gasteiger partial charge >= 0.3 is 0 Å². The zero-order valence-corrected chi connectivity index (χ0v) is 20.2. The number of nitrogens with zero attached hydrogens (tertiary/aromatic N) is 4. The van der Waals surface area contributed by atoms with Crippen molar-refractivity contribution >= 4 is 39.9 Å². The zero-order valence-electron chi connectivity index (χ0n) is 19.4. The van der Waals surface area contributed by atoms with E-state index in [9.17, 15) is 9.59 Å². The second-order valence-electron chi connectivity index (χ2n) is 8.60. The number of piperidine rings is 1. The van der Waals surface area contributed by atoms with E-state index in [1.54, 1.807) is 23.0 Å². The molecule has 0 unspecified atom stereocenters. The van der Waals surface area contributed by atoms with Crippen molar-refractivity contribution in [2.75, 3.05) is 29.1 Å². The molecule has 0 saturated carbocycles. The summed E-state index contributed by atoms with van der Waals surface area (Å²) in [5.41, 5.74) is 3.34. The van der Waals surface area contributed by atoms with Gasteiger partial charge in [0.25, 0.3) is 5.56 Å². The van der Waals surface area contributed by atoms with Crippen molar-refractivity contribution in [3.05, 3.63) is 89.0 Å². The van der Waals surface area contributed by atoms with Crippen LogP contribution < -0.4 is 15.8 Å². The molecular weight excluding hydrogens is 458 g/mol. The molecule has 7 nitrogen and oxygen atoms in total. The summed E-state index contributed by atoms with van der Waals surface area (Å²) < 4.78 is 1.62. The van der Waals surface area contributed by atoms with Gasteiger partial charge in [0.05, 0.1) is 23.2 Å². The highest BCUT2D eigenvalue weighted by Gasteiger charge is 2.15. The van der Waals surface area contributed by atoms with Crippen LogP contribution in [0.2, 0.25) is 0 Å². The van der Waals surface area contributed by atoms with Crippen LogP contribution in [-0.4, -0.2) is 39.3 Å². The molecule has 1 aliphatic heterocycles. The molecule has 0 aliphatic carbocycles. The van der Waals surface area contributed by atoms with Gasteiger partial charge in [-0.05, 0) is 67.3 Å². The topological polar surface area (TPSA) is 80.1 Å². The first-order valence-corrected chi connectivity index (χ1v) is 12.8. The highest BCUT2D eigenvalue weighted by atomic mass is 32.2. The SMILES string of the molecule is O=C(CSc1nc2ccccc2c(=O)n1Cc1cccnc1)Nc1ccc(N2CCCCC2)cc1. The monoisotopic (exact) mass is 485 g/mol. The molecule has 1 amide bonds. The summed E-state index contributed by atoms with van der Waals surface area (Å²) in [6.45, 7) is 2.51. The Kier molecular flexibility index (Phi) is 7.09. The van der Waals surface area contributed by atoms with Crippen LogP contribution >= 0.6 is 11.8 Å². The second-order valence-corrected chi connectivity index (χ2v) is 9.54. The third kappa shape index (κ3) is 5.54. The Balaban J connectivity index is 1.30. The summed E-state index contributed by atoms with van der Waals surface area (Å²) in [5, 5.41) is 4.02. The van der Waals surface area contributed by atoms with E-state index in [0.717, 1.165) is 24.3 Å². The zero-order chi connectivity index (χ0) is 24.0. The molecule has 0 bridgehead atoms. The molecule has 1 saturated heterocycles. The first-order valence-electron chi connectivity index (χ1n) is 11.8. The van der Waals surface area contributed by atoms with E-state index in [-0.39, 0.29) is 17.2 Å². The lowest BCUT2D eigenvalue weighted by Gasteiger charge is -2.28. The number of benzene rings is 2. The third-order valence-electron chi connectivity index (χ3n) is 6.09. The van der Waals surface area contributed by atoms with Gasteiger partial charge in [-0.2, -0.15) is 0 Å². The summed E-state index contributed by atoms with van der Waals surface area (Å²) >= 11 is 1.26. The number of nitrogens with one attached hydrogen (secondary N) is 1. The molecular formula is C27H27N5O2S. The van der Waals surface area contributed by atoms with Crippen molar-refractivity contribution < 1.29 is 4.79 Å². The molecule has 35 heavy (non-hydrogen) atoms. The van der Waals surface area contributed by atoms with Crippen LogP contribution in [0, 0.1) is 0 Å². The summed E-state index contributed by atoms with van der Waals surface area (Å²) in [6.07, 6.45) is 7.18. The summed E-state index contributed by atoms with van der Waals surface area (Å²) in [6, 6.07) is 19.0. The molecule has 8 heteroatoms. The molecule has 0 spiro atoms. The van der Waals surface area contributed by atoms with Gasteiger partial charge in [-0.25, -0.2) is 4.98 Å². The molecule has 1 aliphatic rings. The smallest absolute Gasteiger partial charge is 0.262 e. The number of hydrogen-bond donors (Lipinski definition) is 1. The lowest BCUT2D eigenvalue weighted by molar-refractivity contribution is -0.113. The van der Waals surface area contributed by atoms with Gasteiger partial charge in [0, 0.05) is 36.9 Å². The summed E-state index contributed by atoms with van der Waals surface area (Å²) in [5.74, 6) is 0.00200. The van der Waals surface area contributed by atoms with Crippen molar-refractivity contribution in [2.24, 2.45) is 0 Å². The van der Waals surface area contributed by atoms with Crippen molar-refractivity contribution in [1.29, 1.82) is 0 Å². The van der Waals surface area contributed by atoms with Crippen LogP contribution in [0.5, 0.6) is 0 Å². The molecule has 178 valence electrons. The number of aromatic nitrogens is 3. The fraction of sp³-hybridized carbons (Fsp3) is 0.259. The van der Waals surface area contributed by atoms with Crippen LogP contribution in [0.4, 0.5) is 11.4 Å². The molecule has 3 heterocycles. The Labute approximate surface area is 208 Å². The number of rotatable bonds is 7. The number of carbonyl (C=O) groups excluding carboxylic acids is 1. The number of pyridine rings is 1. The highest BCUT2D eigenvalue weighted by molar-refractivity contribution is 7.99. The third-order valence-corrected chi connectivity index (χ3v) is 7.07. The minimum atomic E-state index is -0.143. The highest BCUT2D eigenvalue weighted by Crippen LogP contribution is 2.23. The van der Waals surface area contributed by atoms with Gasteiger partial charge in [0.15, 0.2) is 5.16 Å². The molecule has 4 aromatic rings. The van der Waals surface area contributed by atoms with E-state index in [1.807, 2.05) is 42.5 Å². The minimum Gasteiger partial charge on any atom is -0.372 e. The minimum absolute atomic E-state index is 0.129. The molecule has 0 radical (unpaired) electrons. The maximum atomic E-state index is 13.2. The predicted molar refractivity (Wildman–Crippen MR) is 141 cm³/mol. The van der Waals surface area contributed by atoms with Crippen LogP contribution in [0.3, 0.4) is 0 Å². The maximum absolute atomic E-state index is 13.2. The maximum Gasteiger partial charge on any atom is 0.262 e. The molecule has 1 N–H and O–H groups in total. The fourth-order valence-electron chi connectivity index (χ4n) is 4.31. The fourth-order valence-corrected chi connectivity index (χ4v) is 5.10. The van der Waals surface area contributed by atoms with E-state index in [1.165, 1.54) is 36.7 Å². The Bertz CT molecular complexity index is 1370. The average Bonchev–Trinajstić information content (AvgIpc) is 2.91. The standard InChI is InChI=1S/C27H27N5O2S/c33-25(29-21-10-12-22(13-11-21)31-15-4-1-5-16-31)19-35-27-30-24-9-3-2-8-23(24)26(34)32(27)18-20-7-6-14-28-17-20/h2-3,6-14,17H,1,4-5,15-16,18-19H2,(H,29,33). The molecule has 2 aromatic carbocycles. The molecule has 1 fully saturated rings. The van der Waals surface area contributed by atoms with Crippen LogP contribution in [0.1, 0.15) is 24.8 Å². The van der Waals surface area contributed by atoms with Crippen LogP contribution in [0.15, 0.2) is 83.0 Å². The number of hydrogen-bond acceptors (Lipinski definition) is 6. The number of fused-ring (bicyclic) bond motifs is 1. The average molecular weight is 486 g/mol. The number of amides is 1. The first kappa shape index (κ1) is 23.1. The Morgan fingerprint density at radius 2 is 1.77 bits per heavy atom. The second kappa shape index (κ2) is 10.7. The normalized spacial score (nSPS) is 13.7. The summed E-state index contributed by atoms with van der Waals surface area (Å²) in [4.78, 5) is 37.2. The quantitative estimate of drug-likeness (QED) is 0.305. The van der Waals surface area contributed by atoms with Gasteiger partial charge in [-0.3, -0.25) is 19.1 Å². The van der Waals surface area contributed by atoms with Crippen LogP contribution in [-0.2, 0) is 11.3 Å². The van der Waals surface area contributed by atoms with Gasteiger partial charge in [0.1, 0.15) is 0 Å². The number of para-hydroxylation sites is 1. The number of thioether (sulfide) groups is 1. The van der Waals surface area contributed by atoms with Crippen molar-refractivity contribution in [3.8, 4) is 0 Å². The largest absolute Gasteiger partial charge is 0.372 e. The van der Waals surface area contributed by atoms with E-state index in [0.29, 0.717) is 22.6 Å². The van der Waals surface area contributed by atoms with E-state index in [4.69, 9.17) is 4.98 Å². The predicted octanol–water partition coefficient (Wildman–Crippen LogP) is 4.56. The number of anilines is 2. The lowest BCUT2D eigenvalue weighted by Crippen LogP contribution is -2.29. The van der Waals surface area contributed by atoms with E-state index >= 15 is 0 Å². The molecule has 5 rings (SSSR count). The van der Waals surface area contributed by atoms with Crippen molar-refractivity contribution in [2.45, 2.75) is 31.0 Å².